The van der Waals surface area contributed by atoms with Crippen LogP contribution in [0.5, 0.6) is 0 Å². The first-order chi connectivity index (χ1) is 8.22. The van der Waals surface area contributed by atoms with Crippen molar-refractivity contribution in [2.24, 2.45) is 0 Å². The molecule has 1 heterocycles. The molecule has 0 bridgehead atoms. The zero-order chi connectivity index (χ0) is 12.7. The first kappa shape index (κ1) is 13.4. The maximum Gasteiger partial charge on any atom is 0.272 e. The lowest BCUT2D eigenvalue weighted by Gasteiger charge is -2.18. The van der Waals surface area contributed by atoms with Gasteiger partial charge in [0.05, 0.1) is 0 Å². The summed E-state index contributed by atoms with van der Waals surface area (Å²) in [4.78, 5) is 22.1. The molecule has 1 amide bonds. The summed E-state index contributed by atoms with van der Waals surface area (Å²) in [7, 11) is 0. The van der Waals surface area contributed by atoms with Gasteiger partial charge in [-0.1, -0.05) is 6.92 Å². The second kappa shape index (κ2) is 6.83. The Morgan fingerprint density at radius 3 is 2.65 bits per heavy atom. The summed E-state index contributed by atoms with van der Waals surface area (Å²) in [6.07, 6.45) is 2.61. The predicted molar refractivity (Wildman–Crippen MR) is 68.1 cm³/mol. The highest BCUT2D eigenvalue weighted by molar-refractivity contribution is 5.92. The topological polar surface area (TPSA) is 58.1 Å². The van der Waals surface area contributed by atoms with Crippen molar-refractivity contribution in [1.29, 1.82) is 0 Å². The summed E-state index contributed by atoms with van der Waals surface area (Å²) in [6, 6.07) is 1.65. The molecule has 0 fully saturated rings. The van der Waals surface area contributed by atoms with Crippen molar-refractivity contribution in [2.75, 3.05) is 25.0 Å². The molecule has 0 atom stereocenters. The lowest BCUT2D eigenvalue weighted by molar-refractivity contribution is 0.0767. The normalized spacial score (nSPS) is 10.1. The maximum absolute atomic E-state index is 12.0. The molecule has 0 spiro atoms. The maximum atomic E-state index is 12.0. The Labute approximate surface area is 102 Å². The van der Waals surface area contributed by atoms with Crippen molar-refractivity contribution in [2.45, 2.75) is 27.2 Å². The molecule has 0 saturated carbocycles. The Bertz CT molecular complexity index is 363. The van der Waals surface area contributed by atoms with E-state index in [0.717, 1.165) is 13.0 Å². The summed E-state index contributed by atoms with van der Waals surface area (Å²) < 4.78 is 0. The number of carbonyl (C=O) groups excluding carboxylic acids is 1. The van der Waals surface area contributed by atoms with Crippen LogP contribution in [-0.4, -0.2) is 40.4 Å². The van der Waals surface area contributed by atoms with Crippen LogP contribution < -0.4 is 5.32 Å². The van der Waals surface area contributed by atoms with Crippen LogP contribution in [0.4, 0.5) is 5.95 Å². The van der Waals surface area contributed by atoms with Gasteiger partial charge in [-0.3, -0.25) is 4.79 Å². The Kier molecular flexibility index (Phi) is 5.39. The fourth-order valence-electron chi connectivity index (χ4n) is 1.47. The van der Waals surface area contributed by atoms with Crippen LogP contribution in [0, 0.1) is 0 Å². The van der Waals surface area contributed by atoms with E-state index in [2.05, 4.69) is 22.2 Å². The average Bonchev–Trinajstić information content (AvgIpc) is 2.38. The van der Waals surface area contributed by atoms with E-state index in [1.807, 2.05) is 13.8 Å². The molecule has 94 valence electrons. The minimum Gasteiger partial charge on any atom is -0.354 e. The minimum atomic E-state index is -0.0445. The molecule has 5 heteroatoms. The molecule has 1 aromatic heterocycles. The SMILES string of the molecule is CCCNc1nccc(C(=O)N(CC)CC)n1. The minimum absolute atomic E-state index is 0.0445. The van der Waals surface area contributed by atoms with Gasteiger partial charge >= 0.3 is 0 Å². The van der Waals surface area contributed by atoms with Crippen molar-refractivity contribution in [3.63, 3.8) is 0 Å². The second-order valence-electron chi connectivity index (χ2n) is 3.67. The highest BCUT2D eigenvalue weighted by atomic mass is 16.2. The van der Waals surface area contributed by atoms with Gasteiger partial charge < -0.3 is 10.2 Å². The second-order valence-corrected chi connectivity index (χ2v) is 3.67. The van der Waals surface area contributed by atoms with E-state index in [-0.39, 0.29) is 5.91 Å². The number of nitrogens with one attached hydrogen (secondary N) is 1. The van der Waals surface area contributed by atoms with E-state index in [1.165, 1.54) is 0 Å². The van der Waals surface area contributed by atoms with E-state index in [1.54, 1.807) is 17.2 Å². The standard InChI is InChI=1S/C12H20N4O/c1-4-8-13-12-14-9-7-10(15-12)11(17)16(5-2)6-3/h7,9H,4-6,8H2,1-3H3,(H,13,14,15). The monoisotopic (exact) mass is 236 g/mol. The summed E-state index contributed by atoms with van der Waals surface area (Å²) >= 11 is 0. The highest BCUT2D eigenvalue weighted by Crippen LogP contribution is 2.04. The van der Waals surface area contributed by atoms with Gasteiger partial charge in [-0.05, 0) is 26.3 Å². The molecule has 0 aliphatic carbocycles. The molecule has 0 aliphatic heterocycles. The van der Waals surface area contributed by atoms with Crippen molar-refractivity contribution in [3.05, 3.63) is 18.0 Å². The third-order valence-electron chi connectivity index (χ3n) is 2.46. The molecule has 1 aromatic rings. The van der Waals surface area contributed by atoms with Crippen molar-refractivity contribution < 1.29 is 4.79 Å². The summed E-state index contributed by atoms with van der Waals surface area (Å²) in [6.45, 7) is 8.17. The van der Waals surface area contributed by atoms with E-state index in [4.69, 9.17) is 0 Å². The number of amides is 1. The number of rotatable bonds is 6. The number of carbonyl (C=O) groups is 1. The van der Waals surface area contributed by atoms with Crippen LogP contribution in [0.25, 0.3) is 0 Å². The largest absolute Gasteiger partial charge is 0.354 e. The zero-order valence-corrected chi connectivity index (χ0v) is 10.7. The van der Waals surface area contributed by atoms with Crippen LogP contribution in [0.2, 0.25) is 0 Å². The molecule has 1 N–H and O–H groups in total. The molecule has 17 heavy (non-hydrogen) atoms. The summed E-state index contributed by atoms with van der Waals surface area (Å²) in [5.74, 6) is 0.474. The fourth-order valence-corrected chi connectivity index (χ4v) is 1.47. The zero-order valence-electron chi connectivity index (χ0n) is 10.7. The first-order valence-corrected chi connectivity index (χ1v) is 6.09. The Morgan fingerprint density at radius 1 is 1.35 bits per heavy atom. The van der Waals surface area contributed by atoms with E-state index in [9.17, 15) is 4.79 Å². The lowest BCUT2D eigenvalue weighted by atomic mass is 10.3. The molecule has 0 aliphatic rings. The van der Waals surface area contributed by atoms with Gasteiger partial charge in [0.25, 0.3) is 5.91 Å². The predicted octanol–water partition coefficient (Wildman–Crippen LogP) is 1.78. The van der Waals surface area contributed by atoms with Crippen LogP contribution >= 0.6 is 0 Å². The van der Waals surface area contributed by atoms with Crippen LogP contribution in [-0.2, 0) is 0 Å². The third kappa shape index (κ3) is 3.69. The van der Waals surface area contributed by atoms with Gasteiger partial charge in [-0.2, -0.15) is 0 Å². The van der Waals surface area contributed by atoms with Gasteiger partial charge in [-0.25, -0.2) is 9.97 Å². The molecule has 0 radical (unpaired) electrons. The van der Waals surface area contributed by atoms with E-state index >= 15 is 0 Å². The number of hydrogen-bond acceptors (Lipinski definition) is 4. The van der Waals surface area contributed by atoms with E-state index < -0.39 is 0 Å². The van der Waals surface area contributed by atoms with Crippen molar-refractivity contribution >= 4 is 11.9 Å². The molecule has 0 aromatic carbocycles. The molecule has 1 rings (SSSR count). The quantitative estimate of drug-likeness (QED) is 0.818. The number of anilines is 1. The van der Waals surface area contributed by atoms with Crippen molar-refractivity contribution in [3.8, 4) is 0 Å². The van der Waals surface area contributed by atoms with Gasteiger partial charge in [0, 0.05) is 25.8 Å². The lowest BCUT2D eigenvalue weighted by Crippen LogP contribution is -2.31. The Hall–Kier alpha value is -1.65. The van der Waals surface area contributed by atoms with Crippen LogP contribution in [0.3, 0.4) is 0 Å². The Morgan fingerprint density at radius 2 is 2.06 bits per heavy atom. The molecular weight excluding hydrogens is 216 g/mol. The Balaban J connectivity index is 2.79. The molecular formula is C12H20N4O. The smallest absolute Gasteiger partial charge is 0.272 e. The molecule has 5 nitrogen and oxygen atoms in total. The van der Waals surface area contributed by atoms with Gasteiger partial charge in [0.2, 0.25) is 5.95 Å². The van der Waals surface area contributed by atoms with Crippen molar-refractivity contribution in [1.82, 2.24) is 14.9 Å². The van der Waals surface area contributed by atoms with Gasteiger partial charge in [0.15, 0.2) is 0 Å². The summed E-state index contributed by atoms with van der Waals surface area (Å²) in [5.41, 5.74) is 0.447. The summed E-state index contributed by atoms with van der Waals surface area (Å²) in [5, 5.41) is 3.07. The number of aromatic nitrogens is 2. The number of hydrogen-bond donors (Lipinski definition) is 1. The number of nitrogens with zero attached hydrogens (tertiary/aromatic N) is 3. The van der Waals surface area contributed by atoms with Crippen LogP contribution in [0.1, 0.15) is 37.7 Å². The van der Waals surface area contributed by atoms with Gasteiger partial charge in [0.1, 0.15) is 5.69 Å². The molecule has 0 unspecified atom stereocenters. The fraction of sp³-hybridized carbons (Fsp3) is 0.583. The average molecular weight is 236 g/mol. The third-order valence-corrected chi connectivity index (χ3v) is 2.46. The van der Waals surface area contributed by atoms with E-state index in [0.29, 0.717) is 24.7 Å². The van der Waals surface area contributed by atoms with Gasteiger partial charge in [-0.15, -0.1) is 0 Å². The molecule has 0 saturated heterocycles. The first-order valence-electron chi connectivity index (χ1n) is 6.09. The highest BCUT2D eigenvalue weighted by Gasteiger charge is 2.14. The van der Waals surface area contributed by atoms with Crippen LogP contribution in [0.15, 0.2) is 12.3 Å².